The fourth-order valence-corrected chi connectivity index (χ4v) is 4.80. The van der Waals surface area contributed by atoms with Gasteiger partial charge in [-0.25, -0.2) is 0 Å². The normalized spacial score (nSPS) is 43.7. The van der Waals surface area contributed by atoms with Crippen molar-refractivity contribution in [1.82, 2.24) is 10.2 Å². The largest absolute Gasteiger partial charge is 0.302 e. The van der Waals surface area contributed by atoms with Gasteiger partial charge in [-0.1, -0.05) is 12.8 Å². The molecule has 0 aromatic heterocycles. The van der Waals surface area contributed by atoms with E-state index in [2.05, 4.69) is 16.3 Å². The Balaban J connectivity index is 1.70. The molecule has 3 nitrogen and oxygen atoms in total. The Kier molecular flexibility index (Phi) is 3.82. The van der Waals surface area contributed by atoms with Crippen LogP contribution in [0.4, 0.5) is 0 Å². The summed E-state index contributed by atoms with van der Waals surface area (Å²) in [6.45, 7) is 1.27. The minimum absolute atomic E-state index is 0.244. The predicted octanol–water partition coefficient (Wildman–Crippen LogP) is 2.68. The summed E-state index contributed by atoms with van der Waals surface area (Å²) in [5, 5.41) is 12.7. The smallest absolute Gasteiger partial charge is 0.108 e. The van der Waals surface area contributed by atoms with Crippen LogP contribution in [0.15, 0.2) is 0 Å². The zero-order chi connectivity index (χ0) is 13.3. The number of nitrogens with one attached hydrogen (secondary N) is 1. The molecule has 106 valence electrons. The van der Waals surface area contributed by atoms with E-state index in [1.165, 1.54) is 51.5 Å². The third-order valence-electron chi connectivity index (χ3n) is 5.94. The van der Waals surface area contributed by atoms with Gasteiger partial charge in [-0.2, -0.15) is 5.26 Å². The van der Waals surface area contributed by atoms with Crippen LogP contribution in [0.1, 0.15) is 57.8 Å². The Bertz CT molecular complexity index is 359. The summed E-state index contributed by atoms with van der Waals surface area (Å²) in [5.41, 5.74) is -0.244. The summed E-state index contributed by atoms with van der Waals surface area (Å²) in [4.78, 5) is 2.80. The van der Waals surface area contributed by atoms with Crippen LogP contribution >= 0.6 is 0 Å². The van der Waals surface area contributed by atoms with Gasteiger partial charge in [0.25, 0.3) is 0 Å². The Morgan fingerprint density at radius 1 is 1.16 bits per heavy atom. The maximum atomic E-state index is 9.43. The number of nitrogens with zero attached hydrogens (tertiary/aromatic N) is 2. The van der Waals surface area contributed by atoms with E-state index in [9.17, 15) is 5.26 Å². The number of nitriles is 1. The molecule has 1 N–H and O–H groups in total. The molecule has 2 aliphatic carbocycles. The zero-order valence-electron chi connectivity index (χ0n) is 12.2. The molecule has 1 saturated heterocycles. The predicted molar refractivity (Wildman–Crippen MR) is 76.7 cm³/mol. The van der Waals surface area contributed by atoms with E-state index >= 15 is 0 Å². The molecule has 0 radical (unpaired) electrons. The summed E-state index contributed by atoms with van der Waals surface area (Å²) in [6, 6.07) is 4.01. The lowest BCUT2D eigenvalue weighted by atomic mass is 9.77. The second-order valence-electron chi connectivity index (χ2n) is 6.83. The first-order valence-electron chi connectivity index (χ1n) is 8.14. The maximum absolute atomic E-state index is 9.43. The van der Waals surface area contributed by atoms with Crippen molar-refractivity contribution in [2.45, 2.75) is 75.4 Å². The molecule has 3 rings (SSSR count). The van der Waals surface area contributed by atoms with Gasteiger partial charge >= 0.3 is 0 Å². The van der Waals surface area contributed by atoms with Crippen molar-refractivity contribution in [2.75, 3.05) is 13.6 Å². The van der Waals surface area contributed by atoms with E-state index in [1.54, 1.807) is 0 Å². The molecule has 0 aromatic carbocycles. The van der Waals surface area contributed by atoms with Gasteiger partial charge in [0.05, 0.1) is 6.07 Å². The van der Waals surface area contributed by atoms with Crippen LogP contribution < -0.4 is 5.32 Å². The molecule has 0 spiro atoms. The highest BCUT2D eigenvalue weighted by Gasteiger charge is 2.44. The van der Waals surface area contributed by atoms with Crippen molar-refractivity contribution in [2.24, 2.45) is 5.92 Å². The summed E-state index contributed by atoms with van der Waals surface area (Å²) in [6.07, 6.45) is 11.8. The van der Waals surface area contributed by atoms with Gasteiger partial charge in [0.1, 0.15) is 5.54 Å². The molecule has 1 heterocycles. The summed E-state index contributed by atoms with van der Waals surface area (Å²) in [5.74, 6) is 0.953. The zero-order valence-corrected chi connectivity index (χ0v) is 12.2. The second kappa shape index (κ2) is 5.42. The second-order valence-corrected chi connectivity index (χ2v) is 6.83. The van der Waals surface area contributed by atoms with Crippen molar-refractivity contribution in [1.29, 1.82) is 5.26 Å². The van der Waals surface area contributed by atoms with Crippen LogP contribution in [0.5, 0.6) is 0 Å². The Morgan fingerprint density at radius 3 is 2.68 bits per heavy atom. The number of fused-ring (bicyclic) bond motifs is 1. The topological polar surface area (TPSA) is 39.1 Å². The Labute approximate surface area is 117 Å². The van der Waals surface area contributed by atoms with Crippen LogP contribution in [0.2, 0.25) is 0 Å². The molecule has 2 saturated carbocycles. The van der Waals surface area contributed by atoms with E-state index in [0.29, 0.717) is 6.04 Å². The van der Waals surface area contributed by atoms with Crippen molar-refractivity contribution in [3.05, 3.63) is 0 Å². The van der Waals surface area contributed by atoms with Crippen molar-refractivity contribution in [3.8, 4) is 6.07 Å². The first-order valence-corrected chi connectivity index (χ1v) is 8.14. The molecular formula is C16H27N3. The SMILES string of the molecule is CNC1(C#N)CCC(N2CCC[C@H]3CCCC[C@H]32)C1. The first-order chi connectivity index (χ1) is 9.28. The van der Waals surface area contributed by atoms with Gasteiger partial charge in [0, 0.05) is 12.1 Å². The number of hydrogen-bond acceptors (Lipinski definition) is 3. The van der Waals surface area contributed by atoms with Gasteiger partial charge in [-0.3, -0.25) is 4.90 Å². The molecule has 1 aliphatic heterocycles. The third-order valence-corrected chi connectivity index (χ3v) is 5.94. The number of likely N-dealkylation sites (tertiary alicyclic amines) is 1. The first kappa shape index (κ1) is 13.4. The lowest BCUT2D eigenvalue weighted by molar-refractivity contribution is 0.0262. The summed E-state index contributed by atoms with van der Waals surface area (Å²) < 4.78 is 0. The molecule has 3 aliphatic rings. The van der Waals surface area contributed by atoms with Crippen molar-refractivity contribution >= 4 is 0 Å². The molecule has 3 heteroatoms. The number of piperidine rings is 1. The lowest BCUT2D eigenvalue weighted by Gasteiger charge is -2.47. The van der Waals surface area contributed by atoms with E-state index in [0.717, 1.165) is 24.8 Å². The summed E-state index contributed by atoms with van der Waals surface area (Å²) >= 11 is 0. The minimum atomic E-state index is -0.244. The van der Waals surface area contributed by atoms with E-state index < -0.39 is 0 Å². The van der Waals surface area contributed by atoms with E-state index in [1.807, 2.05) is 7.05 Å². The van der Waals surface area contributed by atoms with E-state index in [-0.39, 0.29) is 5.54 Å². The molecule has 0 bridgehead atoms. The quantitative estimate of drug-likeness (QED) is 0.830. The number of rotatable bonds is 2. The highest BCUT2D eigenvalue weighted by Crippen LogP contribution is 2.41. The average Bonchev–Trinajstić information content (AvgIpc) is 2.92. The van der Waals surface area contributed by atoms with Crippen molar-refractivity contribution in [3.63, 3.8) is 0 Å². The number of hydrogen-bond donors (Lipinski definition) is 1. The molecule has 3 fully saturated rings. The van der Waals surface area contributed by atoms with Crippen molar-refractivity contribution < 1.29 is 0 Å². The molecule has 4 atom stereocenters. The monoisotopic (exact) mass is 261 g/mol. The molecule has 19 heavy (non-hydrogen) atoms. The maximum Gasteiger partial charge on any atom is 0.108 e. The highest BCUT2D eigenvalue weighted by atomic mass is 15.2. The van der Waals surface area contributed by atoms with Gasteiger partial charge < -0.3 is 5.32 Å². The molecule has 0 aromatic rings. The van der Waals surface area contributed by atoms with Crippen LogP contribution in [0, 0.1) is 17.2 Å². The van der Waals surface area contributed by atoms with Gasteiger partial charge in [-0.15, -0.1) is 0 Å². The fourth-order valence-electron chi connectivity index (χ4n) is 4.80. The van der Waals surface area contributed by atoms with Crippen LogP contribution in [-0.4, -0.2) is 36.1 Å². The van der Waals surface area contributed by atoms with Crippen LogP contribution in [0.25, 0.3) is 0 Å². The lowest BCUT2D eigenvalue weighted by Crippen LogP contribution is -2.52. The van der Waals surface area contributed by atoms with Gasteiger partial charge in [0.15, 0.2) is 0 Å². The van der Waals surface area contributed by atoms with Crippen LogP contribution in [0.3, 0.4) is 0 Å². The minimum Gasteiger partial charge on any atom is -0.302 e. The third kappa shape index (κ3) is 2.41. The Hall–Kier alpha value is -0.590. The van der Waals surface area contributed by atoms with E-state index in [4.69, 9.17) is 0 Å². The highest BCUT2D eigenvalue weighted by molar-refractivity contribution is 5.13. The molecular weight excluding hydrogens is 234 g/mol. The van der Waals surface area contributed by atoms with Gasteiger partial charge in [-0.05, 0) is 64.5 Å². The molecule has 2 unspecified atom stereocenters. The summed E-state index contributed by atoms with van der Waals surface area (Å²) in [7, 11) is 1.95. The molecule has 0 amide bonds. The Morgan fingerprint density at radius 2 is 1.95 bits per heavy atom. The standard InChI is InChI=1S/C16H27N3/c1-18-16(12-17)9-8-14(11-16)19-10-4-6-13-5-2-3-7-15(13)19/h13-15,18H,2-11H2,1H3/t13-,14?,15-,16?/m1/s1. The van der Waals surface area contributed by atoms with Crippen LogP contribution in [-0.2, 0) is 0 Å². The average molecular weight is 261 g/mol. The van der Waals surface area contributed by atoms with Gasteiger partial charge in [0.2, 0.25) is 0 Å². The fraction of sp³-hybridized carbons (Fsp3) is 0.938.